The third-order valence-corrected chi connectivity index (χ3v) is 5.85. The fraction of sp³-hybridized carbons (Fsp3) is 0. The number of nitrogen functional groups attached to an aromatic ring is 1. The lowest BCUT2D eigenvalue weighted by Gasteiger charge is -2.04. The topological polar surface area (TPSA) is 39.2 Å². The zero-order valence-electron chi connectivity index (χ0n) is 12.5. The normalized spacial score (nSPS) is 10.2. The number of benzene rings is 3. The fourth-order valence-corrected chi connectivity index (χ4v) is 2.72. The molecule has 2 nitrogen and oxygen atoms in total. The average Bonchev–Trinajstić information content (AvgIpc) is 3.00. The van der Waals surface area contributed by atoms with Gasteiger partial charge >= 0.3 is 0 Å². The minimum absolute atomic E-state index is 0.771. The van der Waals surface area contributed by atoms with Gasteiger partial charge in [-0.15, -0.1) is 0 Å². The van der Waals surface area contributed by atoms with E-state index in [0.29, 0.717) is 0 Å². The van der Waals surface area contributed by atoms with E-state index < -0.39 is 0 Å². The molecule has 0 atom stereocenters. The number of anilines is 1. The second-order valence-corrected chi connectivity index (χ2v) is 8.58. The highest BCUT2D eigenvalue weighted by atomic mass is 33.2. The Hall–Kier alpha value is -1.86. The van der Waals surface area contributed by atoms with Crippen molar-refractivity contribution in [2.24, 2.45) is 0 Å². The van der Waals surface area contributed by atoms with E-state index in [1.54, 1.807) is 0 Å². The number of hydrogen-bond acceptors (Lipinski definition) is 4. The van der Waals surface area contributed by atoms with Gasteiger partial charge in [-0.05, 0) is 35.4 Å². The van der Waals surface area contributed by atoms with Crippen molar-refractivity contribution in [1.29, 1.82) is 0 Å². The summed E-state index contributed by atoms with van der Waals surface area (Å²) in [6.07, 6.45) is 0. The first-order chi connectivity index (χ1) is 11.7. The third kappa shape index (κ3) is 3.47. The minimum Gasteiger partial charge on any atom is -0.456 e. The molecule has 0 amide bonds. The highest BCUT2D eigenvalue weighted by molar-refractivity contribution is 8.51. The Morgan fingerprint density at radius 2 is 1.50 bits per heavy atom. The van der Waals surface area contributed by atoms with Crippen LogP contribution in [0.1, 0.15) is 0 Å². The van der Waals surface area contributed by atoms with E-state index in [0.717, 1.165) is 38.8 Å². The van der Waals surface area contributed by atoms with Gasteiger partial charge < -0.3 is 10.2 Å². The number of para-hydroxylation sites is 1. The molecule has 24 heavy (non-hydrogen) atoms. The quantitative estimate of drug-likeness (QED) is 0.475. The molecule has 0 aliphatic heterocycles. The van der Waals surface area contributed by atoms with Crippen LogP contribution >= 0.6 is 0 Å². The van der Waals surface area contributed by atoms with Gasteiger partial charge in [0.1, 0.15) is 11.2 Å². The maximum atomic E-state index is 5.91. The van der Waals surface area contributed by atoms with Crippen LogP contribution in [0.25, 0.3) is 33.1 Å². The SMILES string of the molecule is Nc1cccc(-c2cccc3oc4ccccc4c23)c1.S=S=S=S. The van der Waals surface area contributed by atoms with Crippen molar-refractivity contribution >= 4 is 67.8 Å². The minimum atomic E-state index is 0.771. The van der Waals surface area contributed by atoms with E-state index in [1.807, 2.05) is 48.5 Å². The number of hydrogen-bond donors (Lipinski definition) is 1. The molecule has 0 spiro atoms. The average molecular weight is 388 g/mol. The smallest absolute Gasteiger partial charge is 0.136 e. The molecule has 0 unspecified atom stereocenters. The second kappa shape index (κ2) is 7.81. The molecule has 4 aromatic rings. The molecule has 6 heteroatoms. The summed E-state index contributed by atoms with van der Waals surface area (Å²) in [4.78, 5) is 0. The predicted octanol–water partition coefficient (Wildman–Crippen LogP) is 4.83. The lowest BCUT2D eigenvalue weighted by molar-refractivity contribution is 0.669. The summed E-state index contributed by atoms with van der Waals surface area (Å²) in [6.45, 7) is 0. The molecule has 0 radical (unpaired) electrons. The Labute approximate surface area is 155 Å². The third-order valence-electron chi connectivity index (χ3n) is 3.63. The molecule has 2 N–H and O–H groups in total. The fourth-order valence-electron chi connectivity index (χ4n) is 2.72. The zero-order chi connectivity index (χ0) is 16.9. The van der Waals surface area contributed by atoms with E-state index >= 15 is 0 Å². The van der Waals surface area contributed by atoms with Crippen molar-refractivity contribution in [3.8, 4) is 11.1 Å². The van der Waals surface area contributed by atoms with Crippen molar-refractivity contribution in [2.45, 2.75) is 0 Å². The molecular weight excluding hydrogens is 374 g/mol. The van der Waals surface area contributed by atoms with E-state index in [9.17, 15) is 0 Å². The number of fused-ring (bicyclic) bond motifs is 3. The molecule has 0 aliphatic carbocycles. The summed E-state index contributed by atoms with van der Waals surface area (Å²) in [6, 6.07) is 22.2. The molecule has 1 heterocycles. The van der Waals surface area contributed by atoms with Crippen LogP contribution in [-0.2, 0) is 40.1 Å². The highest BCUT2D eigenvalue weighted by Gasteiger charge is 2.11. The molecule has 3 aromatic carbocycles. The van der Waals surface area contributed by atoms with Gasteiger partial charge in [-0.2, -0.15) is 0 Å². The van der Waals surface area contributed by atoms with E-state index in [1.165, 1.54) is 17.8 Å². The number of rotatable bonds is 1. The monoisotopic (exact) mass is 387 g/mol. The number of furan rings is 1. The maximum absolute atomic E-state index is 5.91. The first-order valence-corrected chi connectivity index (χ1v) is 11.1. The summed E-state index contributed by atoms with van der Waals surface area (Å²) < 4.78 is 5.91. The first-order valence-electron chi connectivity index (χ1n) is 7.09. The van der Waals surface area contributed by atoms with Crippen LogP contribution in [0.3, 0.4) is 0 Å². The summed E-state index contributed by atoms with van der Waals surface area (Å²) >= 11 is 8.66. The Morgan fingerprint density at radius 3 is 2.25 bits per heavy atom. The van der Waals surface area contributed by atoms with Gasteiger partial charge in [0.25, 0.3) is 0 Å². The van der Waals surface area contributed by atoms with Crippen molar-refractivity contribution in [3.05, 3.63) is 66.7 Å². The Balaban J connectivity index is 0.000000383. The maximum Gasteiger partial charge on any atom is 0.136 e. The largest absolute Gasteiger partial charge is 0.456 e. The van der Waals surface area contributed by atoms with Crippen molar-refractivity contribution in [2.75, 3.05) is 5.73 Å². The van der Waals surface area contributed by atoms with Gasteiger partial charge in [0.2, 0.25) is 0 Å². The van der Waals surface area contributed by atoms with Crippen LogP contribution < -0.4 is 5.73 Å². The Bertz CT molecular complexity index is 1080. The molecule has 0 fully saturated rings. The van der Waals surface area contributed by atoms with Gasteiger partial charge in [-0.25, -0.2) is 0 Å². The Morgan fingerprint density at radius 1 is 0.792 bits per heavy atom. The molecular formula is C18H13NOS4. The van der Waals surface area contributed by atoms with E-state index in [4.69, 9.17) is 10.2 Å². The molecule has 0 bridgehead atoms. The molecule has 0 saturated carbocycles. The van der Waals surface area contributed by atoms with Crippen LogP contribution in [0.5, 0.6) is 0 Å². The predicted molar refractivity (Wildman–Crippen MR) is 113 cm³/mol. The van der Waals surface area contributed by atoms with Gasteiger partial charge in [-0.1, -0.05) is 42.5 Å². The lowest BCUT2D eigenvalue weighted by atomic mass is 9.99. The van der Waals surface area contributed by atoms with Crippen LogP contribution in [0.2, 0.25) is 0 Å². The van der Waals surface area contributed by atoms with Gasteiger partial charge in [0.15, 0.2) is 0 Å². The summed E-state index contributed by atoms with van der Waals surface area (Å²) in [5, 5.41) is 2.29. The highest BCUT2D eigenvalue weighted by Crippen LogP contribution is 2.36. The van der Waals surface area contributed by atoms with Crippen LogP contribution in [0.15, 0.2) is 71.1 Å². The van der Waals surface area contributed by atoms with E-state index in [-0.39, 0.29) is 0 Å². The summed E-state index contributed by atoms with van der Waals surface area (Å²) in [7, 11) is 2.34. The molecule has 4 rings (SSSR count). The summed E-state index contributed by atoms with van der Waals surface area (Å²) in [5.41, 5.74) is 10.8. The van der Waals surface area contributed by atoms with Crippen LogP contribution in [0.4, 0.5) is 5.69 Å². The van der Waals surface area contributed by atoms with Crippen molar-refractivity contribution in [1.82, 2.24) is 0 Å². The molecule has 0 aliphatic rings. The Kier molecular flexibility index (Phi) is 5.52. The number of nitrogens with two attached hydrogens (primary N) is 1. The standard InChI is InChI=1S/C18H13NO.S4/c19-13-6-3-5-12(11-13)14-8-4-10-17-18(14)15-7-1-2-9-16(15)20-17;1-3-4-2/h1-11H,19H2;. The van der Waals surface area contributed by atoms with E-state index in [2.05, 4.69) is 40.6 Å². The molecule has 1 aromatic heterocycles. The second-order valence-electron chi connectivity index (χ2n) is 5.04. The van der Waals surface area contributed by atoms with Crippen molar-refractivity contribution < 1.29 is 4.42 Å². The van der Waals surface area contributed by atoms with Crippen molar-refractivity contribution in [3.63, 3.8) is 0 Å². The van der Waals surface area contributed by atoms with Gasteiger partial charge in [0, 0.05) is 56.6 Å². The van der Waals surface area contributed by atoms with Crippen LogP contribution in [-0.4, -0.2) is 0 Å². The molecule has 120 valence electrons. The molecule has 0 saturated heterocycles. The van der Waals surface area contributed by atoms with Gasteiger partial charge in [0.05, 0.1) is 0 Å². The lowest BCUT2D eigenvalue weighted by Crippen LogP contribution is -1.85. The summed E-state index contributed by atoms with van der Waals surface area (Å²) in [5.74, 6) is 0. The zero-order valence-corrected chi connectivity index (χ0v) is 15.7. The van der Waals surface area contributed by atoms with Gasteiger partial charge in [-0.3, -0.25) is 0 Å². The van der Waals surface area contributed by atoms with Crippen LogP contribution in [0, 0.1) is 0 Å². The first kappa shape index (κ1) is 17.0.